The average Bonchev–Trinajstić information content (AvgIpc) is 2.79. The van der Waals surface area contributed by atoms with Crippen LogP contribution in [0.25, 0.3) is 0 Å². The predicted octanol–water partition coefficient (Wildman–Crippen LogP) is 2.95. The third-order valence-corrected chi connectivity index (χ3v) is 6.45. The molecule has 32 heavy (non-hydrogen) atoms. The minimum atomic E-state index is -1.47. The van der Waals surface area contributed by atoms with E-state index < -0.39 is 25.9 Å². The summed E-state index contributed by atoms with van der Waals surface area (Å²) in [6, 6.07) is 0.0693. The molecule has 9 nitrogen and oxygen atoms in total. The van der Waals surface area contributed by atoms with E-state index in [0.29, 0.717) is 6.42 Å². The summed E-state index contributed by atoms with van der Waals surface area (Å²) in [4.78, 5) is 34.4. The van der Waals surface area contributed by atoms with Gasteiger partial charge in [-0.15, -0.1) is 4.99 Å². The minimum absolute atomic E-state index is 0.0693. The number of halogens is 2. The smallest absolute Gasteiger partial charge is 0.261 e. The predicted molar refractivity (Wildman–Crippen MR) is 121 cm³/mol. The summed E-state index contributed by atoms with van der Waals surface area (Å²) in [6.45, 7) is 8.99. The van der Waals surface area contributed by atoms with Crippen LogP contribution < -0.4 is 10.4 Å². The van der Waals surface area contributed by atoms with Crippen LogP contribution in [-0.4, -0.2) is 60.2 Å². The zero-order chi connectivity index (χ0) is 24.1. The summed E-state index contributed by atoms with van der Waals surface area (Å²) >= 11 is 5.46. The second-order valence-electron chi connectivity index (χ2n) is 6.77. The van der Waals surface area contributed by atoms with Crippen molar-refractivity contribution in [3.63, 3.8) is 0 Å². The normalized spacial score (nSPS) is 21.6. The molecule has 1 saturated heterocycles. The molecule has 4 unspecified atom stereocenters. The molecular formula is C20H30ClFN3O6P. The van der Waals surface area contributed by atoms with Crippen molar-refractivity contribution < 1.29 is 33.7 Å². The van der Waals surface area contributed by atoms with Gasteiger partial charge >= 0.3 is 0 Å². The van der Waals surface area contributed by atoms with Gasteiger partial charge in [0.1, 0.15) is 12.1 Å². The van der Waals surface area contributed by atoms with E-state index in [-0.39, 0.29) is 48.6 Å². The van der Waals surface area contributed by atoms with Crippen LogP contribution in [0.4, 0.5) is 4.39 Å². The van der Waals surface area contributed by atoms with E-state index in [9.17, 15) is 19.1 Å². The maximum absolute atomic E-state index is 12.3. The summed E-state index contributed by atoms with van der Waals surface area (Å²) in [5, 5.41) is 17.1. The van der Waals surface area contributed by atoms with E-state index in [1.54, 1.807) is 12.1 Å². The summed E-state index contributed by atoms with van der Waals surface area (Å²) in [5.41, 5.74) is 0. The monoisotopic (exact) mass is 493 g/mol. The largest absolute Gasteiger partial charge is 0.484 e. The molecule has 0 saturated carbocycles. The molecule has 1 aliphatic heterocycles. The Morgan fingerprint density at radius 3 is 2.81 bits per heavy atom. The van der Waals surface area contributed by atoms with Crippen LogP contribution in [0.2, 0.25) is 0 Å². The molecule has 0 aromatic heterocycles. The number of aliphatic hydroxyl groups excluding tert-OH is 1. The number of allylic oxidation sites excluding steroid dienone is 3. The number of aliphatic hydroxyl groups is 1. The van der Waals surface area contributed by atoms with Gasteiger partial charge in [-0.2, -0.15) is 5.06 Å². The molecule has 1 aliphatic rings. The van der Waals surface area contributed by atoms with Crippen LogP contribution in [-0.2, 0) is 24.2 Å². The van der Waals surface area contributed by atoms with Gasteiger partial charge in [-0.05, 0) is 30.8 Å². The second kappa shape index (κ2) is 15.1. The van der Waals surface area contributed by atoms with Gasteiger partial charge in [0.05, 0.1) is 10.9 Å². The molecule has 0 aliphatic carbocycles. The van der Waals surface area contributed by atoms with E-state index in [1.807, 2.05) is 6.92 Å². The quantitative estimate of drug-likeness (QED) is 0.157. The zero-order valence-corrected chi connectivity index (χ0v) is 19.8. The van der Waals surface area contributed by atoms with Crippen LogP contribution in [0, 0.1) is 0 Å². The molecule has 0 aromatic rings. The Morgan fingerprint density at radius 2 is 2.19 bits per heavy atom. The van der Waals surface area contributed by atoms with Gasteiger partial charge in [0.2, 0.25) is 0 Å². The zero-order valence-electron chi connectivity index (χ0n) is 18.1. The van der Waals surface area contributed by atoms with Crippen LogP contribution in [0.15, 0.2) is 48.2 Å². The molecule has 4 atom stereocenters. The number of nitrogens with one attached hydrogen (secondary N) is 2. The molecule has 1 fully saturated rings. The highest BCUT2D eigenvalue weighted by atomic mass is 35.5. The van der Waals surface area contributed by atoms with Crippen molar-refractivity contribution >= 4 is 31.5 Å². The van der Waals surface area contributed by atoms with Crippen LogP contribution >= 0.6 is 19.7 Å². The summed E-state index contributed by atoms with van der Waals surface area (Å²) in [5.74, 6) is -0.208. The van der Waals surface area contributed by atoms with Gasteiger partial charge in [-0.25, -0.2) is 9.28 Å². The fourth-order valence-electron chi connectivity index (χ4n) is 2.60. The Morgan fingerprint density at radius 1 is 1.47 bits per heavy atom. The van der Waals surface area contributed by atoms with Crippen molar-refractivity contribution in [2.45, 2.75) is 44.2 Å². The Bertz CT molecular complexity index is 723. The number of nitrogens with zero attached hydrogens (tertiary/aromatic N) is 1. The second-order valence-corrected chi connectivity index (χ2v) is 9.21. The van der Waals surface area contributed by atoms with E-state index in [1.165, 1.54) is 18.0 Å². The van der Waals surface area contributed by atoms with E-state index in [2.05, 4.69) is 23.6 Å². The van der Waals surface area contributed by atoms with Crippen molar-refractivity contribution in [2.75, 3.05) is 20.2 Å². The van der Waals surface area contributed by atoms with Crippen LogP contribution in [0.3, 0.4) is 0 Å². The fourth-order valence-corrected chi connectivity index (χ4v) is 3.91. The van der Waals surface area contributed by atoms with E-state index in [0.717, 1.165) is 6.42 Å². The maximum Gasteiger partial charge on any atom is 0.261 e. The van der Waals surface area contributed by atoms with Crippen LogP contribution in [0.1, 0.15) is 26.2 Å². The molecule has 0 aromatic carbocycles. The first kappa shape index (κ1) is 28.2. The number of hydrogen-bond acceptors (Lipinski definition) is 7. The molecular weight excluding hydrogens is 464 g/mol. The van der Waals surface area contributed by atoms with Crippen molar-refractivity contribution in [2.24, 2.45) is 0 Å². The Balaban J connectivity index is 2.37. The van der Waals surface area contributed by atoms with Gasteiger partial charge < -0.3 is 20.2 Å². The topological polar surface area (TPSA) is 109 Å². The molecule has 1 rings (SSSR count). The van der Waals surface area contributed by atoms with Gasteiger partial charge in [0.25, 0.3) is 11.8 Å². The maximum atomic E-state index is 12.3. The lowest BCUT2D eigenvalue weighted by Gasteiger charge is -2.33. The number of hydrogen-bond donors (Lipinski definition) is 3. The number of hydroxylamine groups is 2. The van der Waals surface area contributed by atoms with Crippen molar-refractivity contribution in [1.29, 1.82) is 0 Å². The average molecular weight is 494 g/mol. The first-order valence-electron chi connectivity index (χ1n) is 9.89. The highest BCUT2D eigenvalue weighted by Crippen LogP contribution is 2.37. The lowest BCUT2D eigenvalue weighted by atomic mass is 10.1. The lowest BCUT2D eigenvalue weighted by molar-refractivity contribution is -0.466. The molecule has 0 spiro atoms. The molecule has 3 N–H and O–H groups in total. The van der Waals surface area contributed by atoms with Gasteiger partial charge in [0, 0.05) is 34.1 Å². The number of ether oxygens (including phenoxy) is 1. The number of rotatable bonds is 13. The fraction of sp³-hybridized carbons (Fsp3) is 0.500. The SMILES string of the molecule is C=CP(NC(=O)COC(=C)/C=C\C(Cl)=C\F)C(O)CCNC(=O)C1CC(CC)N(C)OO1. The Hall–Kier alpha value is -1.81. The van der Waals surface area contributed by atoms with Crippen molar-refractivity contribution in [3.05, 3.63) is 48.2 Å². The first-order chi connectivity index (χ1) is 15.2. The Kier molecular flexibility index (Phi) is 13.3. The summed E-state index contributed by atoms with van der Waals surface area (Å²) < 4.78 is 17.3. The molecule has 1 heterocycles. The third kappa shape index (κ3) is 10.2. The molecule has 0 radical (unpaired) electrons. The number of amides is 2. The van der Waals surface area contributed by atoms with E-state index >= 15 is 0 Å². The number of carbonyl (C=O) groups excluding carboxylic acids is 2. The minimum Gasteiger partial charge on any atom is -0.484 e. The van der Waals surface area contributed by atoms with Crippen molar-refractivity contribution in [3.8, 4) is 0 Å². The van der Waals surface area contributed by atoms with Gasteiger partial charge in [-0.1, -0.05) is 31.7 Å². The van der Waals surface area contributed by atoms with E-state index in [4.69, 9.17) is 26.2 Å². The molecule has 180 valence electrons. The highest BCUT2D eigenvalue weighted by molar-refractivity contribution is 7.60. The Labute approximate surface area is 193 Å². The summed E-state index contributed by atoms with van der Waals surface area (Å²) in [7, 11) is 0.265. The van der Waals surface area contributed by atoms with Crippen molar-refractivity contribution in [1.82, 2.24) is 15.5 Å². The van der Waals surface area contributed by atoms with Gasteiger partial charge in [0.15, 0.2) is 12.7 Å². The number of carbonyl (C=O) groups is 2. The molecule has 12 heteroatoms. The lowest BCUT2D eigenvalue weighted by Crippen LogP contribution is -2.48. The molecule has 2 amide bonds. The van der Waals surface area contributed by atoms with Crippen LogP contribution in [0.5, 0.6) is 0 Å². The summed E-state index contributed by atoms with van der Waals surface area (Å²) in [6.07, 6.45) is 3.50. The molecule has 0 bridgehead atoms. The van der Waals surface area contributed by atoms with Gasteiger partial charge in [-0.3, -0.25) is 9.59 Å². The highest BCUT2D eigenvalue weighted by Gasteiger charge is 2.32. The first-order valence-corrected chi connectivity index (χ1v) is 11.8. The third-order valence-electron chi connectivity index (χ3n) is 4.44. The standard InChI is InChI=1S/C20H30ClFN3O6P/c1-5-16-11-17(30-31-25(16)4)20(28)23-10-9-19(27)32(6-2)24-18(26)13-29-14(3)7-8-15(21)12-22/h6-8,12,16-17,19,27H,2-3,5,9-11,13H2,1,4H3,(H,23,28)(H,24,26)/b8-7-,15-12-.